The van der Waals surface area contributed by atoms with Crippen LogP contribution >= 0.6 is 0 Å². The fourth-order valence-corrected chi connectivity index (χ4v) is 9.58. The van der Waals surface area contributed by atoms with Crippen molar-refractivity contribution in [3.05, 3.63) is 179 Å². The monoisotopic (exact) mass is 830 g/mol. The van der Waals surface area contributed by atoms with E-state index in [0.29, 0.717) is 34.9 Å². The lowest BCUT2D eigenvalue weighted by atomic mass is 9.93. The van der Waals surface area contributed by atoms with Gasteiger partial charge in [0, 0.05) is 43.9 Å². The molecule has 8 nitrogen and oxygen atoms in total. The molecule has 11 aromatic rings. The quantitative estimate of drug-likeness (QED) is 0.166. The van der Waals surface area contributed by atoms with Gasteiger partial charge in [0.15, 0.2) is 11.6 Å². The topological polar surface area (TPSA) is 87.2 Å². The van der Waals surface area contributed by atoms with Gasteiger partial charge in [-0.15, -0.1) is 0 Å². The van der Waals surface area contributed by atoms with Crippen LogP contribution in [-0.2, 0) is 0 Å². The van der Waals surface area contributed by atoms with Gasteiger partial charge in [-0.05, 0) is 157 Å². The van der Waals surface area contributed by atoms with E-state index in [2.05, 4.69) is 180 Å². The number of aryl methyl sites for hydroxylation is 8. The summed E-state index contributed by atoms with van der Waals surface area (Å²) in [5, 5.41) is 4.93. The molecule has 64 heavy (non-hydrogen) atoms. The molecule has 0 spiro atoms. The summed E-state index contributed by atoms with van der Waals surface area (Å²) in [6.45, 7) is 16.3. The largest absolute Gasteiger partial charge is 0.309 e. The van der Waals surface area contributed by atoms with E-state index in [1.165, 1.54) is 43.8 Å². The van der Waals surface area contributed by atoms with Gasteiger partial charge in [-0.1, -0.05) is 70.8 Å². The van der Waals surface area contributed by atoms with Gasteiger partial charge in [0.1, 0.15) is 23.3 Å². The van der Waals surface area contributed by atoms with Gasteiger partial charge in [-0.25, -0.2) is 29.9 Å². The molecular formula is C56H46N8. The molecule has 310 valence electrons. The maximum atomic E-state index is 4.96. The van der Waals surface area contributed by atoms with Crippen molar-refractivity contribution in [1.82, 2.24) is 39.0 Å². The van der Waals surface area contributed by atoms with Crippen molar-refractivity contribution in [2.24, 2.45) is 0 Å². The van der Waals surface area contributed by atoms with Crippen molar-refractivity contribution in [2.75, 3.05) is 0 Å². The predicted molar refractivity (Wildman–Crippen MR) is 262 cm³/mol. The van der Waals surface area contributed by atoms with E-state index in [1.807, 2.05) is 27.7 Å². The van der Waals surface area contributed by atoms with Gasteiger partial charge in [0.05, 0.1) is 27.8 Å². The molecule has 0 aliphatic carbocycles. The first kappa shape index (κ1) is 39.0. The third-order valence-electron chi connectivity index (χ3n) is 12.4. The second-order valence-corrected chi connectivity index (χ2v) is 17.3. The fourth-order valence-electron chi connectivity index (χ4n) is 9.58. The zero-order chi connectivity index (χ0) is 44.0. The van der Waals surface area contributed by atoms with E-state index in [1.54, 1.807) is 0 Å². The minimum Gasteiger partial charge on any atom is -0.309 e. The summed E-state index contributed by atoms with van der Waals surface area (Å²) in [6.07, 6.45) is 0. The van der Waals surface area contributed by atoms with Crippen molar-refractivity contribution in [3.63, 3.8) is 0 Å². The molecule has 0 aliphatic rings. The van der Waals surface area contributed by atoms with E-state index in [-0.39, 0.29) is 0 Å². The fraction of sp³-hybridized carbons (Fsp3) is 0.143. The number of benzene rings is 7. The minimum atomic E-state index is 0.638. The molecule has 0 saturated heterocycles. The molecule has 4 aromatic heterocycles. The van der Waals surface area contributed by atoms with Gasteiger partial charge in [0.2, 0.25) is 0 Å². The minimum absolute atomic E-state index is 0.638. The second kappa shape index (κ2) is 14.9. The van der Waals surface area contributed by atoms with E-state index in [0.717, 1.165) is 66.8 Å². The lowest BCUT2D eigenvalue weighted by Crippen LogP contribution is -2.02. The van der Waals surface area contributed by atoms with Crippen LogP contribution in [0.4, 0.5) is 0 Å². The van der Waals surface area contributed by atoms with Crippen LogP contribution in [0.25, 0.3) is 100 Å². The molecule has 0 atom stereocenters. The van der Waals surface area contributed by atoms with Crippen LogP contribution in [0, 0.1) is 55.4 Å². The normalized spacial score (nSPS) is 11.8. The molecule has 0 radical (unpaired) electrons. The summed E-state index contributed by atoms with van der Waals surface area (Å²) in [5.74, 6) is 4.02. The molecule has 0 saturated carbocycles. The molecule has 0 aliphatic heterocycles. The highest BCUT2D eigenvalue weighted by atomic mass is 15.0. The molecule has 8 heteroatoms. The molecule has 0 bridgehead atoms. The van der Waals surface area contributed by atoms with Crippen LogP contribution in [0.1, 0.15) is 45.6 Å². The molecule has 11 rings (SSSR count). The van der Waals surface area contributed by atoms with Gasteiger partial charge in [-0.2, -0.15) is 0 Å². The molecule has 0 fully saturated rings. The van der Waals surface area contributed by atoms with Crippen molar-refractivity contribution in [1.29, 1.82) is 0 Å². The summed E-state index contributed by atoms with van der Waals surface area (Å²) < 4.78 is 4.77. The number of hydrogen-bond donors (Lipinski definition) is 0. The third kappa shape index (κ3) is 6.61. The second-order valence-electron chi connectivity index (χ2n) is 17.3. The average molecular weight is 831 g/mol. The molecule has 0 unspecified atom stereocenters. The summed E-state index contributed by atoms with van der Waals surface area (Å²) in [6, 6.07) is 49.1. The molecule has 4 heterocycles. The summed E-state index contributed by atoms with van der Waals surface area (Å²) in [7, 11) is 0. The Hall–Kier alpha value is -7.84. The Labute approximate surface area is 372 Å². The zero-order valence-corrected chi connectivity index (χ0v) is 37.3. The lowest BCUT2D eigenvalue weighted by Gasteiger charge is -2.18. The number of nitrogens with zero attached hydrogens (tertiary/aromatic N) is 8. The van der Waals surface area contributed by atoms with Crippen LogP contribution < -0.4 is 0 Å². The van der Waals surface area contributed by atoms with E-state index < -0.39 is 0 Å². The highest BCUT2D eigenvalue weighted by Crippen LogP contribution is 2.42. The molecule has 7 aromatic carbocycles. The smallest absolute Gasteiger partial charge is 0.164 e. The van der Waals surface area contributed by atoms with Crippen LogP contribution in [-0.4, -0.2) is 39.0 Å². The van der Waals surface area contributed by atoms with Gasteiger partial charge in [-0.3, -0.25) is 0 Å². The van der Waals surface area contributed by atoms with Crippen LogP contribution in [0.5, 0.6) is 0 Å². The first-order chi connectivity index (χ1) is 30.9. The van der Waals surface area contributed by atoms with Gasteiger partial charge < -0.3 is 9.13 Å². The Balaban J connectivity index is 1.15. The van der Waals surface area contributed by atoms with Crippen LogP contribution in [0.3, 0.4) is 0 Å². The van der Waals surface area contributed by atoms with E-state index >= 15 is 0 Å². The number of fused-ring (bicyclic) bond motifs is 6. The standard InChI is InChI=1S/C56H46N8/c1-31-12-19-51-45(24-31)46-25-32(2)13-20-52(46)63(51)42-17-18-43(49(30-42)56-61-37(7)58-38(8)62-56)39-10-9-11-40(28-39)44-29-41(55-59-35(5)57-36(6)60-55)16-23-50(44)64-53-21-14-33(3)26-47(53)48-27-34(4)15-22-54(48)64/h9-30H,1-8H3. The van der Waals surface area contributed by atoms with Crippen molar-refractivity contribution >= 4 is 43.6 Å². The van der Waals surface area contributed by atoms with E-state index in [4.69, 9.17) is 19.9 Å². The SMILES string of the molecule is Cc1ccc2c(c1)c1cc(C)ccc1n2-c1ccc(-c2cccc(-c3cc(-c4nc(C)nc(C)n4)ccc3-n3c4ccc(C)cc4c4cc(C)ccc43)c2)c(-c2nc(C)nc(C)n2)c1. The summed E-state index contributed by atoms with van der Waals surface area (Å²) in [4.78, 5) is 28.6. The average Bonchev–Trinajstić information content (AvgIpc) is 3.76. The zero-order valence-electron chi connectivity index (χ0n) is 37.3. The lowest BCUT2D eigenvalue weighted by molar-refractivity contribution is 0.928. The Morgan fingerprint density at radius 3 is 1.27 bits per heavy atom. The molecule has 0 amide bonds. The van der Waals surface area contributed by atoms with Crippen LogP contribution in [0.2, 0.25) is 0 Å². The number of rotatable bonds is 6. The summed E-state index contributed by atoms with van der Waals surface area (Å²) in [5.41, 5.74) is 17.6. The van der Waals surface area contributed by atoms with Crippen molar-refractivity contribution in [3.8, 4) is 56.4 Å². The van der Waals surface area contributed by atoms with Gasteiger partial charge in [0.25, 0.3) is 0 Å². The maximum Gasteiger partial charge on any atom is 0.164 e. The van der Waals surface area contributed by atoms with E-state index in [9.17, 15) is 0 Å². The summed E-state index contributed by atoms with van der Waals surface area (Å²) >= 11 is 0. The highest BCUT2D eigenvalue weighted by molar-refractivity contribution is 6.11. The van der Waals surface area contributed by atoms with Crippen LogP contribution in [0.15, 0.2) is 133 Å². The third-order valence-corrected chi connectivity index (χ3v) is 12.4. The number of aromatic nitrogens is 8. The molecule has 0 N–H and O–H groups in total. The number of hydrogen-bond acceptors (Lipinski definition) is 6. The Morgan fingerprint density at radius 2 is 0.766 bits per heavy atom. The highest BCUT2D eigenvalue weighted by Gasteiger charge is 2.21. The first-order valence-electron chi connectivity index (χ1n) is 21.8. The Bertz CT molecular complexity index is 3560. The van der Waals surface area contributed by atoms with Crippen molar-refractivity contribution in [2.45, 2.75) is 55.4 Å². The van der Waals surface area contributed by atoms with Crippen molar-refractivity contribution < 1.29 is 0 Å². The van der Waals surface area contributed by atoms with Gasteiger partial charge >= 0.3 is 0 Å². The molecular weight excluding hydrogens is 785 g/mol. The first-order valence-corrected chi connectivity index (χ1v) is 21.8. The predicted octanol–water partition coefficient (Wildman–Crippen LogP) is 13.4. The Kier molecular flexibility index (Phi) is 9.10. The maximum absolute atomic E-state index is 4.96. The Morgan fingerprint density at radius 1 is 0.312 bits per heavy atom.